The monoisotopic (exact) mass is 236 g/mol. The van der Waals surface area contributed by atoms with E-state index in [0.717, 1.165) is 5.56 Å². The van der Waals surface area contributed by atoms with E-state index in [9.17, 15) is 9.59 Å². The molecule has 1 amide bonds. The van der Waals surface area contributed by atoms with Gasteiger partial charge in [0.2, 0.25) is 5.91 Å². The summed E-state index contributed by atoms with van der Waals surface area (Å²) in [4.78, 5) is 26.5. The fourth-order valence-electron chi connectivity index (χ4n) is 1.28. The Morgan fingerprint density at radius 1 is 1.35 bits per heavy atom. The molecule has 0 radical (unpaired) electrons. The predicted molar refractivity (Wildman–Crippen MR) is 63.6 cm³/mol. The van der Waals surface area contributed by atoms with Gasteiger partial charge in [0.25, 0.3) is 0 Å². The Balaban J connectivity index is 2.73. The highest BCUT2D eigenvalue weighted by Gasteiger charge is 2.25. The number of hydrogen-bond acceptors (Lipinski definition) is 3. The number of carboxylic acid groups (broad SMARTS) is 1. The van der Waals surface area contributed by atoms with E-state index in [0.29, 0.717) is 5.69 Å². The molecular weight excluding hydrogens is 220 g/mol. The van der Waals surface area contributed by atoms with Crippen molar-refractivity contribution < 1.29 is 14.7 Å². The number of carbonyl (C=O) groups is 2. The van der Waals surface area contributed by atoms with Crippen LogP contribution >= 0.6 is 0 Å². The molecule has 0 aliphatic carbocycles. The van der Waals surface area contributed by atoms with Gasteiger partial charge in [-0.3, -0.25) is 14.6 Å². The van der Waals surface area contributed by atoms with Gasteiger partial charge < -0.3 is 10.4 Å². The van der Waals surface area contributed by atoms with Crippen molar-refractivity contribution >= 4 is 17.6 Å². The number of hydrogen-bond donors (Lipinski definition) is 2. The van der Waals surface area contributed by atoms with Crippen molar-refractivity contribution in [1.29, 1.82) is 0 Å². The average molecular weight is 236 g/mol. The minimum Gasteiger partial charge on any atom is -0.481 e. The molecule has 0 aliphatic heterocycles. The number of aromatic nitrogens is 1. The Bertz CT molecular complexity index is 432. The van der Waals surface area contributed by atoms with Crippen LogP contribution in [0.5, 0.6) is 0 Å². The fourth-order valence-corrected chi connectivity index (χ4v) is 1.28. The highest BCUT2D eigenvalue weighted by molar-refractivity contribution is 5.95. The summed E-state index contributed by atoms with van der Waals surface area (Å²) in [5.41, 5.74) is 1.51. The molecule has 17 heavy (non-hydrogen) atoms. The summed E-state index contributed by atoms with van der Waals surface area (Å²) in [7, 11) is 0. The molecule has 0 fully saturated rings. The fraction of sp³-hybridized carbons (Fsp3) is 0.417. The highest BCUT2D eigenvalue weighted by Crippen LogP contribution is 2.16. The third-order valence-electron chi connectivity index (χ3n) is 2.85. The molecule has 0 saturated heterocycles. The molecule has 0 bridgehead atoms. The third kappa shape index (κ3) is 3.27. The van der Waals surface area contributed by atoms with Crippen LogP contribution in [0.1, 0.15) is 19.4 Å². The van der Waals surface area contributed by atoms with Crippen LogP contribution in [0.25, 0.3) is 0 Å². The topological polar surface area (TPSA) is 79.3 Å². The molecular formula is C12H16N2O3. The van der Waals surface area contributed by atoms with Gasteiger partial charge in [0, 0.05) is 12.1 Å². The molecule has 2 N–H and O–H groups in total. The minimum atomic E-state index is -0.976. The van der Waals surface area contributed by atoms with Gasteiger partial charge in [0.1, 0.15) is 0 Å². The Hall–Kier alpha value is -1.91. The number of aliphatic carboxylic acids is 1. The van der Waals surface area contributed by atoms with Crippen LogP contribution in [0.4, 0.5) is 5.69 Å². The molecule has 1 aromatic heterocycles. The number of rotatable bonds is 4. The molecule has 1 heterocycles. The van der Waals surface area contributed by atoms with Gasteiger partial charge in [-0.25, -0.2) is 0 Å². The first-order valence-corrected chi connectivity index (χ1v) is 5.37. The van der Waals surface area contributed by atoms with E-state index in [1.807, 2.05) is 6.92 Å². The van der Waals surface area contributed by atoms with E-state index in [2.05, 4.69) is 10.3 Å². The van der Waals surface area contributed by atoms with Crippen molar-refractivity contribution in [2.75, 3.05) is 5.32 Å². The first-order chi connectivity index (χ1) is 7.93. The van der Waals surface area contributed by atoms with Crippen molar-refractivity contribution in [3.8, 4) is 0 Å². The summed E-state index contributed by atoms with van der Waals surface area (Å²) < 4.78 is 0. The first-order valence-electron chi connectivity index (χ1n) is 5.37. The van der Waals surface area contributed by atoms with Crippen LogP contribution in [0.15, 0.2) is 18.5 Å². The molecule has 2 unspecified atom stereocenters. The van der Waals surface area contributed by atoms with E-state index in [4.69, 9.17) is 5.11 Å². The summed E-state index contributed by atoms with van der Waals surface area (Å²) in [6.45, 7) is 4.96. The second-order valence-corrected chi connectivity index (χ2v) is 4.10. The van der Waals surface area contributed by atoms with Gasteiger partial charge in [-0.2, -0.15) is 0 Å². The second kappa shape index (κ2) is 5.43. The van der Waals surface area contributed by atoms with Gasteiger partial charge in [0.15, 0.2) is 0 Å². The summed E-state index contributed by atoms with van der Waals surface area (Å²) in [5, 5.41) is 11.5. The quantitative estimate of drug-likeness (QED) is 0.833. The standard InChI is InChI=1S/C12H16N2O3/c1-7-4-5-13-6-10(7)14-11(15)8(2)9(3)12(16)17/h4-6,8-9H,1-3H3,(H,14,15)(H,16,17). The van der Waals surface area contributed by atoms with Crippen LogP contribution in [0.3, 0.4) is 0 Å². The Labute approximate surface area is 99.9 Å². The Morgan fingerprint density at radius 2 is 2.00 bits per heavy atom. The molecule has 92 valence electrons. The Morgan fingerprint density at radius 3 is 2.53 bits per heavy atom. The minimum absolute atomic E-state index is 0.309. The zero-order valence-corrected chi connectivity index (χ0v) is 10.1. The van der Waals surface area contributed by atoms with Crippen molar-refractivity contribution in [3.05, 3.63) is 24.0 Å². The first kappa shape index (κ1) is 13.2. The molecule has 5 nitrogen and oxygen atoms in total. The number of carbonyl (C=O) groups excluding carboxylic acids is 1. The molecule has 0 aromatic carbocycles. The molecule has 0 aliphatic rings. The lowest BCUT2D eigenvalue weighted by Crippen LogP contribution is -2.30. The maximum absolute atomic E-state index is 11.8. The number of carboxylic acids is 1. The molecule has 1 aromatic rings. The zero-order valence-electron chi connectivity index (χ0n) is 10.1. The molecule has 1 rings (SSSR count). The number of anilines is 1. The van der Waals surface area contributed by atoms with E-state index >= 15 is 0 Å². The second-order valence-electron chi connectivity index (χ2n) is 4.10. The van der Waals surface area contributed by atoms with Crippen LogP contribution in [-0.4, -0.2) is 22.0 Å². The van der Waals surface area contributed by atoms with Crippen LogP contribution in [0, 0.1) is 18.8 Å². The molecule has 2 atom stereocenters. The van der Waals surface area contributed by atoms with E-state index in [1.165, 1.54) is 6.92 Å². The van der Waals surface area contributed by atoms with Crippen molar-refractivity contribution in [3.63, 3.8) is 0 Å². The maximum Gasteiger partial charge on any atom is 0.307 e. The number of nitrogens with one attached hydrogen (secondary N) is 1. The average Bonchev–Trinajstić information content (AvgIpc) is 2.30. The molecule has 5 heteroatoms. The zero-order chi connectivity index (χ0) is 13.0. The molecule has 0 saturated carbocycles. The maximum atomic E-state index is 11.8. The SMILES string of the molecule is Cc1ccncc1NC(=O)C(C)C(C)C(=O)O. The van der Waals surface area contributed by atoms with Gasteiger partial charge in [0.05, 0.1) is 17.8 Å². The Kier molecular flexibility index (Phi) is 4.20. The van der Waals surface area contributed by atoms with Gasteiger partial charge >= 0.3 is 5.97 Å². The predicted octanol–water partition coefficient (Wildman–Crippen LogP) is 1.69. The summed E-state index contributed by atoms with van der Waals surface area (Å²) in [6.07, 6.45) is 3.18. The summed E-state index contributed by atoms with van der Waals surface area (Å²) >= 11 is 0. The van der Waals surface area contributed by atoms with E-state index in [-0.39, 0.29) is 5.91 Å². The largest absolute Gasteiger partial charge is 0.481 e. The number of nitrogens with zero attached hydrogens (tertiary/aromatic N) is 1. The molecule has 0 spiro atoms. The van der Waals surface area contributed by atoms with Gasteiger partial charge in [-0.15, -0.1) is 0 Å². The van der Waals surface area contributed by atoms with Gasteiger partial charge in [-0.05, 0) is 18.6 Å². The van der Waals surface area contributed by atoms with Crippen LogP contribution in [-0.2, 0) is 9.59 Å². The number of amides is 1. The lowest BCUT2D eigenvalue weighted by Gasteiger charge is -2.16. The summed E-state index contributed by atoms with van der Waals surface area (Å²) in [5.74, 6) is -2.59. The smallest absolute Gasteiger partial charge is 0.307 e. The van der Waals surface area contributed by atoms with Gasteiger partial charge in [-0.1, -0.05) is 13.8 Å². The van der Waals surface area contributed by atoms with Crippen molar-refractivity contribution in [2.24, 2.45) is 11.8 Å². The highest BCUT2D eigenvalue weighted by atomic mass is 16.4. The van der Waals surface area contributed by atoms with Crippen LogP contribution in [0.2, 0.25) is 0 Å². The normalized spacial score (nSPS) is 13.8. The number of aryl methyl sites for hydroxylation is 1. The van der Waals surface area contributed by atoms with Crippen molar-refractivity contribution in [1.82, 2.24) is 4.98 Å². The van der Waals surface area contributed by atoms with E-state index < -0.39 is 17.8 Å². The lowest BCUT2D eigenvalue weighted by atomic mass is 9.95. The van der Waals surface area contributed by atoms with E-state index in [1.54, 1.807) is 25.4 Å². The van der Waals surface area contributed by atoms with Crippen LogP contribution < -0.4 is 5.32 Å². The number of pyridine rings is 1. The summed E-state index contributed by atoms with van der Waals surface area (Å²) in [6, 6.07) is 1.78. The van der Waals surface area contributed by atoms with Crippen molar-refractivity contribution in [2.45, 2.75) is 20.8 Å². The lowest BCUT2D eigenvalue weighted by molar-refractivity contribution is -0.145. The third-order valence-corrected chi connectivity index (χ3v) is 2.85.